The summed E-state index contributed by atoms with van der Waals surface area (Å²) in [6.07, 6.45) is 6.39. The molecule has 3 aliphatic rings. The molecule has 3 aromatic carbocycles. The van der Waals surface area contributed by atoms with Crippen LogP contribution in [0.4, 0.5) is 11.4 Å². The molecule has 0 saturated heterocycles. The molecule has 5 nitrogen and oxygen atoms in total. The zero-order valence-corrected chi connectivity index (χ0v) is 25.6. The van der Waals surface area contributed by atoms with Gasteiger partial charge in [0.15, 0.2) is 5.78 Å². The predicted molar refractivity (Wildman–Crippen MR) is 174 cm³/mol. The van der Waals surface area contributed by atoms with Gasteiger partial charge in [0.1, 0.15) is 0 Å². The summed E-state index contributed by atoms with van der Waals surface area (Å²) in [6.45, 7) is 11.6. The largest absolute Gasteiger partial charge is 0.386 e. The zero-order valence-electron chi connectivity index (χ0n) is 25.6. The number of carbonyl (C=O) groups is 1. The molecule has 1 radical (unpaired) electrons. The topological polar surface area (TPSA) is 70.4 Å². The number of ketones is 1. The number of benzene rings is 3. The van der Waals surface area contributed by atoms with E-state index in [9.17, 15) is 4.79 Å². The minimum absolute atomic E-state index is 0.0819. The van der Waals surface area contributed by atoms with Crippen LogP contribution in [0.15, 0.2) is 71.8 Å². The maximum atomic E-state index is 13.5. The number of nitrogens with two attached hydrogens (primary N) is 1. The number of Topliss-reactive ketones (excluding diaryl/α,β-unsaturated/α-hetero) is 1. The van der Waals surface area contributed by atoms with Crippen LogP contribution in [0.1, 0.15) is 71.6 Å². The Morgan fingerprint density at radius 3 is 2.62 bits per heavy atom. The third kappa shape index (κ3) is 5.32. The lowest BCUT2D eigenvalue weighted by molar-refractivity contribution is -0.118. The number of hydrogen-bond donors (Lipinski definition) is 3. The van der Waals surface area contributed by atoms with E-state index in [1.165, 1.54) is 39.0 Å². The molecular weight excluding hydrogens is 516 g/mol. The van der Waals surface area contributed by atoms with Gasteiger partial charge in [-0.25, -0.2) is 0 Å². The van der Waals surface area contributed by atoms with Gasteiger partial charge in [-0.3, -0.25) is 15.5 Å². The second-order valence-corrected chi connectivity index (χ2v) is 12.3. The van der Waals surface area contributed by atoms with Crippen LogP contribution in [-0.2, 0) is 17.9 Å². The molecular formula is C37H43N4O. The number of allylic oxidation sites excluding steroid dienone is 3. The fourth-order valence-electron chi connectivity index (χ4n) is 6.99. The average molecular weight is 560 g/mol. The molecule has 2 aliphatic carbocycles. The summed E-state index contributed by atoms with van der Waals surface area (Å²) in [7, 11) is 1.90. The Balaban J connectivity index is 1.38. The molecule has 0 aromatic heterocycles. The maximum Gasteiger partial charge on any atom is 0.162 e. The standard InChI is InChI=1S/C37H43N4O/c1-6-25-19-41(20-28-9-7-8-10-31(28)33-18-32(25)33)21-29-17-27(12-11-22(29)2)35(24(4)37(42)26-13-14-26)30-15-16-34(39-5)36(40-38)23(30)3/h7-13,15-18,24-25,35,39-40H,6,14,19-21,38H2,1-5H3/t24-,25+,35-/m0/s1. The van der Waals surface area contributed by atoms with Gasteiger partial charge in [-0.05, 0) is 88.8 Å². The van der Waals surface area contributed by atoms with E-state index in [4.69, 9.17) is 5.84 Å². The number of carbonyl (C=O) groups excluding carboxylic acids is 1. The molecule has 217 valence electrons. The van der Waals surface area contributed by atoms with Crippen molar-refractivity contribution >= 4 is 22.7 Å². The molecule has 0 unspecified atom stereocenters. The van der Waals surface area contributed by atoms with Crippen LogP contribution < -0.4 is 16.6 Å². The Kier molecular flexibility index (Phi) is 7.82. The third-order valence-corrected chi connectivity index (χ3v) is 9.66. The Labute approximate surface area is 250 Å². The number of nitrogen functional groups attached to an aromatic ring is 1. The van der Waals surface area contributed by atoms with Crippen molar-refractivity contribution in [3.63, 3.8) is 0 Å². The smallest absolute Gasteiger partial charge is 0.162 e. The van der Waals surface area contributed by atoms with Crippen molar-refractivity contribution in [1.29, 1.82) is 0 Å². The molecule has 3 atom stereocenters. The Morgan fingerprint density at radius 2 is 1.90 bits per heavy atom. The number of anilines is 2. The van der Waals surface area contributed by atoms with Crippen LogP contribution in [-0.4, -0.2) is 24.3 Å². The molecule has 0 amide bonds. The van der Waals surface area contributed by atoms with Gasteiger partial charge in [0.2, 0.25) is 0 Å². The van der Waals surface area contributed by atoms with Gasteiger partial charge in [0, 0.05) is 44.9 Å². The van der Waals surface area contributed by atoms with Gasteiger partial charge in [0.05, 0.1) is 11.4 Å². The summed E-state index contributed by atoms with van der Waals surface area (Å²) < 4.78 is 0. The van der Waals surface area contributed by atoms with Crippen molar-refractivity contribution < 1.29 is 4.79 Å². The molecule has 1 aliphatic heterocycles. The first-order valence-corrected chi connectivity index (χ1v) is 15.3. The van der Waals surface area contributed by atoms with Gasteiger partial charge >= 0.3 is 0 Å². The highest BCUT2D eigenvalue weighted by Gasteiger charge is 2.35. The fourth-order valence-corrected chi connectivity index (χ4v) is 6.99. The lowest BCUT2D eigenvalue weighted by atomic mass is 9.76. The minimum atomic E-state index is -0.187. The first kappa shape index (κ1) is 28.4. The molecule has 3 aromatic rings. The summed E-state index contributed by atoms with van der Waals surface area (Å²) in [5, 5.41) is 3.24. The molecule has 6 rings (SSSR count). The highest BCUT2D eigenvalue weighted by molar-refractivity contribution is 6.01. The number of rotatable bonds is 10. The molecule has 0 spiro atoms. The van der Waals surface area contributed by atoms with E-state index in [-0.39, 0.29) is 17.6 Å². The Bertz CT molecular complexity index is 1600. The van der Waals surface area contributed by atoms with E-state index in [0.29, 0.717) is 5.92 Å². The Hall–Kier alpha value is -3.67. The highest BCUT2D eigenvalue weighted by Crippen LogP contribution is 2.48. The first-order valence-electron chi connectivity index (χ1n) is 15.3. The summed E-state index contributed by atoms with van der Waals surface area (Å²) in [4.78, 5) is 16.1. The number of nitrogens with one attached hydrogen (secondary N) is 2. The number of hydrogen-bond acceptors (Lipinski definition) is 5. The van der Waals surface area contributed by atoms with Crippen molar-refractivity contribution in [2.75, 3.05) is 24.3 Å². The molecule has 4 N–H and O–H groups in total. The quantitative estimate of drug-likeness (QED) is 0.179. The van der Waals surface area contributed by atoms with Crippen LogP contribution >= 0.6 is 0 Å². The van der Waals surface area contributed by atoms with Crippen LogP contribution in [0.3, 0.4) is 0 Å². The zero-order chi connectivity index (χ0) is 29.5. The van der Waals surface area contributed by atoms with Gasteiger partial charge in [-0.1, -0.05) is 74.0 Å². The SMILES string of the molecule is CC[C@@H]1CN(Cc2cc([C@@H](c3ccc(NC)c(NN)c3C)[C@H](C)C(=O)C3=CC3)ccc2C)Cc2ccccc2C2=C1[CH]2. The van der Waals surface area contributed by atoms with Crippen molar-refractivity contribution in [2.24, 2.45) is 17.7 Å². The number of hydrazine groups is 1. The third-order valence-electron chi connectivity index (χ3n) is 9.66. The normalized spacial score (nSPS) is 19.1. The first-order chi connectivity index (χ1) is 20.3. The van der Waals surface area contributed by atoms with Crippen LogP contribution in [0.5, 0.6) is 0 Å². The van der Waals surface area contributed by atoms with Crippen molar-refractivity contribution in [3.05, 3.63) is 117 Å². The van der Waals surface area contributed by atoms with Crippen LogP contribution in [0, 0.1) is 32.1 Å². The number of fused-ring (bicyclic) bond motifs is 2. The number of aryl methyl sites for hydroxylation is 1. The Morgan fingerprint density at radius 1 is 1.12 bits per heavy atom. The van der Waals surface area contributed by atoms with Crippen molar-refractivity contribution in [3.8, 4) is 0 Å². The fraction of sp³-hybridized carbons (Fsp3) is 0.351. The van der Waals surface area contributed by atoms with Crippen molar-refractivity contribution in [2.45, 2.75) is 59.5 Å². The maximum absolute atomic E-state index is 13.5. The second kappa shape index (κ2) is 11.5. The lowest BCUT2D eigenvalue weighted by Gasteiger charge is -2.30. The van der Waals surface area contributed by atoms with Gasteiger partial charge in [-0.2, -0.15) is 0 Å². The minimum Gasteiger partial charge on any atom is -0.386 e. The van der Waals surface area contributed by atoms with E-state index in [2.05, 4.69) is 104 Å². The average Bonchev–Trinajstić information content (AvgIpc) is 3.92. The summed E-state index contributed by atoms with van der Waals surface area (Å²) in [6, 6.07) is 19.9. The van der Waals surface area contributed by atoms with Gasteiger partial charge in [-0.15, -0.1) is 0 Å². The molecule has 42 heavy (non-hydrogen) atoms. The van der Waals surface area contributed by atoms with E-state index in [1.54, 1.807) is 0 Å². The second-order valence-electron chi connectivity index (χ2n) is 12.3. The molecule has 1 heterocycles. The lowest BCUT2D eigenvalue weighted by Crippen LogP contribution is -2.30. The number of nitrogens with zero attached hydrogens (tertiary/aromatic N) is 1. The predicted octanol–water partition coefficient (Wildman–Crippen LogP) is 7.31. The van der Waals surface area contributed by atoms with Gasteiger partial charge < -0.3 is 10.7 Å². The van der Waals surface area contributed by atoms with E-state index in [0.717, 1.165) is 60.6 Å². The molecule has 5 heteroatoms. The highest BCUT2D eigenvalue weighted by atomic mass is 16.1. The van der Waals surface area contributed by atoms with Crippen molar-refractivity contribution in [1.82, 2.24) is 4.90 Å². The van der Waals surface area contributed by atoms with E-state index in [1.807, 2.05) is 13.1 Å². The summed E-state index contributed by atoms with van der Waals surface area (Å²) in [5.74, 6) is 6.53. The van der Waals surface area contributed by atoms with Crippen LogP contribution in [0.25, 0.3) is 5.57 Å². The summed E-state index contributed by atoms with van der Waals surface area (Å²) >= 11 is 0. The monoisotopic (exact) mass is 559 g/mol. The van der Waals surface area contributed by atoms with Crippen LogP contribution in [0.2, 0.25) is 0 Å². The molecule has 0 fully saturated rings. The van der Waals surface area contributed by atoms with Gasteiger partial charge in [0.25, 0.3) is 0 Å². The molecule has 0 bridgehead atoms. The van der Waals surface area contributed by atoms with E-state index >= 15 is 0 Å². The summed E-state index contributed by atoms with van der Waals surface area (Å²) in [5.41, 5.74) is 17.5. The molecule has 0 saturated carbocycles. The van der Waals surface area contributed by atoms with E-state index < -0.39 is 0 Å².